The fourth-order valence-electron chi connectivity index (χ4n) is 5.43. The van der Waals surface area contributed by atoms with Gasteiger partial charge in [0.1, 0.15) is 11.6 Å². The Balaban J connectivity index is 1.23. The highest BCUT2D eigenvalue weighted by atomic mass is 16.5. The maximum atomic E-state index is 5.83. The molecule has 10 heteroatoms. The summed E-state index contributed by atoms with van der Waals surface area (Å²) in [6, 6.07) is 11.1. The largest absolute Gasteiger partial charge is 0.492 e. The third-order valence-electron chi connectivity index (χ3n) is 7.27. The van der Waals surface area contributed by atoms with Crippen LogP contribution >= 0.6 is 0 Å². The van der Waals surface area contributed by atoms with Crippen LogP contribution in [0.15, 0.2) is 55.1 Å². The molecule has 6 rings (SSSR count). The van der Waals surface area contributed by atoms with Gasteiger partial charge < -0.3 is 14.4 Å². The zero-order valence-electron chi connectivity index (χ0n) is 22.1. The van der Waals surface area contributed by atoms with Crippen molar-refractivity contribution in [3.05, 3.63) is 60.7 Å². The molecular formula is C28H32N8O2. The van der Waals surface area contributed by atoms with Crippen molar-refractivity contribution < 1.29 is 9.47 Å². The Hall–Kier alpha value is -4.18. The summed E-state index contributed by atoms with van der Waals surface area (Å²) in [6.45, 7) is 9.79. The molecule has 1 aliphatic rings. The second kappa shape index (κ2) is 9.94. The van der Waals surface area contributed by atoms with Crippen LogP contribution in [0.25, 0.3) is 27.7 Å². The smallest absolute Gasteiger partial charge is 0.212 e. The molecule has 1 aliphatic heterocycles. The summed E-state index contributed by atoms with van der Waals surface area (Å²) >= 11 is 0. The number of anilines is 1. The summed E-state index contributed by atoms with van der Waals surface area (Å²) in [4.78, 5) is 14.2. The van der Waals surface area contributed by atoms with Gasteiger partial charge in [0.05, 0.1) is 37.0 Å². The lowest BCUT2D eigenvalue weighted by Crippen LogP contribution is -2.56. The molecule has 6 heterocycles. The Morgan fingerprint density at radius 3 is 2.55 bits per heavy atom. The molecule has 38 heavy (non-hydrogen) atoms. The molecule has 196 valence electrons. The number of H-pyrrole nitrogens is 1. The number of hydrogen-bond acceptors (Lipinski definition) is 8. The molecule has 0 amide bonds. The van der Waals surface area contributed by atoms with Crippen molar-refractivity contribution in [1.29, 1.82) is 0 Å². The van der Waals surface area contributed by atoms with E-state index in [1.807, 2.05) is 42.3 Å². The maximum Gasteiger partial charge on any atom is 0.212 e. The van der Waals surface area contributed by atoms with Gasteiger partial charge in [-0.3, -0.25) is 10.00 Å². The van der Waals surface area contributed by atoms with Crippen molar-refractivity contribution in [1.82, 2.24) is 34.7 Å². The standard InChI is InChI=1S/C28H32N8O2/c1-5-38-22-10-23(27-24-13-31-32-28(24)33-36(27)17-22)21-7-8-25(29-12-21)34-14-18(2)35(19(3)15-34)16-20-6-9-26(37-4)30-11-20/h6-13,17-19H,5,14-16H2,1-4H3,(H,32,33). The van der Waals surface area contributed by atoms with Gasteiger partial charge in [-0.2, -0.15) is 5.10 Å². The first-order valence-electron chi connectivity index (χ1n) is 13.0. The van der Waals surface area contributed by atoms with E-state index >= 15 is 0 Å². The molecule has 10 nitrogen and oxygen atoms in total. The molecule has 2 unspecified atom stereocenters. The van der Waals surface area contributed by atoms with Crippen molar-refractivity contribution in [3.8, 4) is 22.8 Å². The lowest BCUT2D eigenvalue weighted by Gasteiger charge is -2.45. The van der Waals surface area contributed by atoms with Crippen molar-refractivity contribution >= 4 is 22.4 Å². The van der Waals surface area contributed by atoms with Crippen molar-refractivity contribution in [2.24, 2.45) is 0 Å². The second-order valence-electron chi connectivity index (χ2n) is 9.84. The number of aromatic amines is 1. The van der Waals surface area contributed by atoms with Gasteiger partial charge in [0, 0.05) is 61.3 Å². The molecule has 0 aromatic carbocycles. The summed E-state index contributed by atoms with van der Waals surface area (Å²) < 4.78 is 12.9. The molecule has 5 aromatic heterocycles. The summed E-state index contributed by atoms with van der Waals surface area (Å²) in [5.74, 6) is 2.39. The molecule has 2 atom stereocenters. The lowest BCUT2D eigenvalue weighted by atomic mass is 10.0. The van der Waals surface area contributed by atoms with Crippen LogP contribution in [-0.2, 0) is 6.54 Å². The minimum atomic E-state index is 0.367. The number of fused-ring (bicyclic) bond motifs is 3. The quantitative estimate of drug-likeness (QED) is 0.347. The normalized spacial score (nSPS) is 18.4. The van der Waals surface area contributed by atoms with E-state index in [2.05, 4.69) is 68.2 Å². The van der Waals surface area contributed by atoms with Crippen LogP contribution in [0.4, 0.5) is 5.82 Å². The Kier molecular flexibility index (Phi) is 6.32. The Labute approximate surface area is 221 Å². The summed E-state index contributed by atoms with van der Waals surface area (Å²) in [5, 5.41) is 12.7. The first kappa shape index (κ1) is 24.2. The summed E-state index contributed by atoms with van der Waals surface area (Å²) in [5.41, 5.74) is 4.94. The summed E-state index contributed by atoms with van der Waals surface area (Å²) in [7, 11) is 1.64. The van der Waals surface area contributed by atoms with Crippen LogP contribution < -0.4 is 14.4 Å². The Morgan fingerprint density at radius 1 is 1.03 bits per heavy atom. The van der Waals surface area contributed by atoms with E-state index in [0.29, 0.717) is 24.6 Å². The molecule has 0 bridgehead atoms. The average molecular weight is 513 g/mol. The van der Waals surface area contributed by atoms with Gasteiger partial charge in [0.2, 0.25) is 5.88 Å². The number of hydrogen-bond donors (Lipinski definition) is 1. The van der Waals surface area contributed by atoms with Crippen molar-refractivity contribution in [2.75, 3.05) is 31.7 Å². The second-order valence-corrected chi connectivity index (χ2v) is 9.84. The zero-order chi connectivity index (χ0) is 26.2. The van der Waals surface area contributed by atoms with Gasteiger partial charge >= 0.3 is 0 Å². The van der Waals surface area contributed by atoms with E-state index in [1.165, 1.54) is 5.56 Å². The molecule has 1 fully saturated rings. The molecule has 0 spiro atoms. The topological polar surface area (TPSA) is 96.7 Å². The van der Waals surface area contributed by atoms with Crippen molar-refractivity contribution in [3.63, 3.8) is 0 Å². The Bertz CT molecular complexity index is 1530. The Morgan fingerprint density at radius 2 is 1.87 bits per heavy atom. The molecule has 0 aliphatic carbocycles. The molecule has 1 saturated heterocycles. The molecule has 0 radical (unpaired) electrons. The molecule has 1 N–H and O–H groups in total. The van der Waals surface area contributed by atoms with Gasteiger partial charge in [-0.25, -0.2) is 14.5 Å². The van der Waals surface area contributed by atoms with Gasteiger partial charge in [-0.15, -0.1) is 5.10 Å². The fourth-order valence-corrected chi connectivity index (χ4v) is 5.43. The number of nitrogens with zero attached hydrogens (tertiary/aromatic N) is 7. The highest BCUT2D eigenvalue weighted by Gasteiger charge is 2.30. The van der Waals surface area contributed by atoms with Crippen molar-refractivity contribution in [2.45, 2.75) is 39.4 Å². The maximum absolute atomic E-state index is 5.83. The first-order valence-corrected chi connectivity index (χ1v) is 13.0. The third-order valence-corrected chi connectivity index (χ3v) is 7.27. The van der Waals surface area contributed by atoms with Crippen LogP contribution in [0.5, 0.6) is 11.6 Å². The zero-order valence-corrected chi connectivity index (χ0v) is 22.1. The molecular weight excluding hydrogens is 480 g/mol. The third kappa shape index (κ3) is 4.41. The van der Waals surface area contributed by atoms with E-state index in [0.717, 1.165) is 58.9 Å². The van der Waals surface area contributed by atoms with Gasteiger partial charge in [-0.05, 0) is 44.5 Å². The van der Waals surface area contributed by atoms with Crippen LogP contribution in [0, 0.1) is 0 Å². The van der Waals surface area contributed by atoms with E-state index in [-0.39, 0.29) is 0 Å². The number of methoxy groups -OCH3 is 1. The highest BCUT2D eigenvalue weighted by molar-refractivity contribution is 6.00. The highest BCUT2D eigenvalue weighted by Crippen LogP contribution is 2.33. The minimum absolute atomic E-state index is 0.367. The lowest BCUT2D eigenvalue weighted by molar-refractivity contribution is 0.122. The minimum Gasteiger partial charge on any atom is -0.492 e. The SMILES string of the molecule is CCOc1cc(-c2ccc(N3CC(C)N(Cc4ccc(OC)nc4)C(C)C3)nc2)c2c3cn[nH]c3nn2c1. The number of aromatic nitrogens is 6. The first-order chi connectivity index (χ1) is 18.5. The van der Waals surface area contributed by atoms with Crippen LogP contribution in [0.3, 0.4) is 0 Å². The van der Waals surface area contributed by atoms with E-state index in [1.54, 1.807) is 7.11 Å². The number of ether oxygens (including phenoxy) is 2. The number of rotatable bonds is 7. The van der Waals surface area contributed by atoms with Gasteiger partial charge in [0.25, 0.3) is 0 Å². The number of piperazine rings is 1. The van der Waals surface area contributed by atoms with Crippen LogP contribution in [0.2, 0.25) is 0 Å². The average Bonchev–Trinajstić information content (AvgIpc) is 3.52. The fraction of sp³-hybridized carbons (Fsp3) is 0.357. The van der Waals surface area contributed by atoms with Gasteiger partial charge in [0.15, 0.2) is 5.65 Å². The van der Waals surface area contributed by atoms with E-state index < -0.39 is 0 Å². The number of nitrogens with one attached hydrogen (secondary N) is 1. The number of pyridine rings is 3. The summed E-state index contributed by atoms with van der Waals surface area (Å²) in [6.07, 6.45) is 7.57. The predicted molar refractivity (Wildman–Crippen MR) is 147 cm³/mol. The predicted octanol–water partition coefficient (Wildman–Crippen LogP) is 4.17. The monoisotopic (exact) mass is 512 g/mol. The molecule has 5 aromatic rings. The van der Waals surface area contributed by atoms with E-state index in [4.69, 9.17) is 14.5 Å². The van der Waals surface area contributed by atoms with E-state index in [9.17, 15) is 0 Å². The van der Waals surface area contributed by atoms with Gasteiger partial charge in [-0.1, -0.05) is 6.07 Å². The van der Waals surface area contributed by atoms with Crippen LogP contribution in [-0.4, -0.2) is 73.6 Å². The van der Waals surface area contributed by atoms with Crippen LogP contribution in [0.1, 0.15) is 26.3 Å². The molecule has 0 saturated carbocycles.